The molecule has 2 aromatic carbocycles. The van der Waals surface area contributed by atoms with Crippen LogP contribution < -0.4 is 9.64 Å². The van der Waals surface area contributed by atoms with Gasteiger partial charge in [0.15, 0.2) is 0 Å². The topological polar surface area (TPSA) is 96.3 Å². The molecule has 2 aromatic rings. The van der Waals surface area contributed by atoms with Gasteiger partial charge in [0.25, 0.3) is 0 Å². The fourth-order valence-electron chi connectivity index (χ4n) is 7.64. The number of carboxylic acid groups (broad SMARTS) is 1. The molecule has 0 saturated heterocycles. The van der Waals surface area contributed by atoms with Crippen molar-refractivity contribution in [2.75, 3.05) is 31.2 Å². The largest absolute Gasteiger partial charge is 0.490 e. The zero-order valence-corrected chi connectivity index (χ0v) is 24.9. The number of aryl methyl sites for hydroxylation is 1. The number of carbonyl (C=O) groups excluding carboxylic acids is 1. The number of ether oxygens (including phenoxy) is 2. The van der Waals surface area contributed by atoms with Crippen molar-refractivity contribution in [3.63, 3.8) is 0 Å². The maximum Gasteiger partial charge on any atom is 0.335 e. The number of aliphatic hydroxyl groups excluding tert-OH is 1. The monoisotopic (exact) mass is 593 g/mol. The molecule has 42 heavy (non-hydrogen) atoms. The van der Waals surface area contributed by atoms with Crippen LogP contribution in [0, 0.1) is 17.8 Å². The molecule has 1 aliphatic heterocycles. The molecule has 3 aliphatic carbocycles. The molecule has 0 amide bonds. The number of fused-ring (bicyclic) bond motifs is 3. The maximum atomic E-state index is 12.2. The molecule has 5 atom stereocenters. The summed E-state index contributed by atoms with van der Waals surface area (Å²) in [4.78, 5) is 26.5. The molecule has 1 spiro atoms. The standard InChI is InChI=1S/C34H40ClNO6/c1-2-41-33(40)22-7-5-21(6-8-22)31(37)27-12-9-25(27)18-36-19-34(15-3-4-23-16-26(35)11-13-28(23)34)20-42-30-14-10-24(32(38)39)17-29(30)36/h5,10-11,13-14,16-17,22,25,27,31,37H,2-4,6-9,12,15,18-20H2,1H3,(H,38,39)/t22-,25+,27-,31+,34?/m1/s1. The van der Waals surface area contributed by atoms with E-state index in [4.69, 9.17) is 21.1 Å². The van der Waals surface area contributed by atoms with Gasteiger partial charge in [-0.25, -0.2) is 4.79 Å². The smallest absolute Gasteiger partial charge is 0.335 e. The zero-order valence-electron chi connectivity index (χ0n) is 24.2. The number of rotatable bonds is 7. The lowest BCUT2D eigenvalue weighted by molar-refractivity contribution is -0.148. The number of esters is 1. The van der Waals surface area contributed by atoms with Crippen LogP contribution >= 0.6 is 11.6 Å². The Balaban J connectivity index is 1.26. The Hall–Kier alpha value is -3.03. The van der Waals surface area contributed by atoms with Crippen molar-refractivity contribution in [2.45, 2.75) is 69.8 Å². The van der Waals surface area contributed by atoms with Crippen LogP contribution in [0.1, 0.15) is 73.4 Å². The molecule has 8 heteroatoms. The lowest BCUT2D eigenvalue weighted by atomic mass is 9.67. The average Bonchev–Trinajstić information content (AvgIpc) is 3.12. The summed E-state index contributed by atoms with van der Waals surface area (Å²) in [5, 5.41) is 22.0. The number of halogens is 1. The van der Waals surface area contributed by atoms with Crippen LogP contribution in [0.25, 0.3) is 0 Å². The third kappa shape index (κ3) is 5.53. The summed E-state index contributed by atoms with van der Waals surface area (Å²) in [6.45, 7) is 4.15. The summed E-state index contributed by atoms with van der Waals surface area (Å²) >= 11 is 6.38. The first-order valence-corrected chi connectivity index (χ1v) is 15.7. The van der Waals surface area contributed by atoms with Gasteiger partial charge in [-0.1, -0.05) is 23.7 Å². The summed E-state index contributed by atoms with van der Waals surface area (Å²) in [5.74, 6) is -0.148. The number of aromatic carboxylic acids is 1. The highest BCUT2D eigenvalue weighted by molar-refractivity contribution is 6.30. The van der Waals surface area contributed by atoms with Gasteiger partial charge in [0, 0.05) is 23.5 Å². The molecule has 6 rings (SSSR count). The Bertz CT molecular complexity index is 1390. The van der Waals surface area contributed by atoms with Crippen LogP contribution in [0.15, 0.2) is 48.0 Å². The minimum absolute atomic E-state index is 0.124. The van der Waals surface area contributed by atoms with Crippen LogP contribution in [0.5, 0.6) is 5.75 Å². The van der Waals surface area contributed by atoms with Gasteiger partial charge in [-0.15, -0.1) is 0 Å². The van der Waals surface area contributed by atoms with Gasteiger partial charge in [-0.3, -0.25) is 4.79 Å². The van der Waals surface area contributed by atoms with Crippen LogP contribution in [0.3, 0.4) is 0 Å². The second-order valence-electron chi connectivity index (χ2n) is 12.5. The minimum Gasteiger partial charge on any atom is -0.490 e. The van der Waals surface area contributed by atoms with Crippen molar-refractivity contribution in [3.8, 4) is 5.75 Å². The minimum atomic E-state index is -0.961. The SMILES string of the molecule is CCOC(=O)[C@@H]1CC=C([C@H](O)[C@@H]2CC[C@H]2CN2CC3(CCCc4cc(Cl)ccc43)COc3ccc(C(=O)O)cc32)CC1. The second kappa shape index (κ2) is 11.9. The molecule has 1 heterocycles. The molecule has 0 radical (unpaired) electrons. The van der Waals surface area contributed by atoms with E-state index < -0.39 is 12.1 Å². The zero-order chi connectivity index (χ0) is 29.4. The Morgan fingerprint density at radius 1 is 1.17 bits per heavy atom. The van der Waals surface area contributed by atoms with E-state index in [0.717, 1.165) is 48.4 Å². The van der Waals surface area contributed by atoms with Gasteiger partial charge in [-0.05, 0) is 117 Å². The van der Waals surface area contributed by atoms with Crippen molar-refractivity contribution in [1.29, 1.82) is 0 Å². The van der Waals surface area contributed by atoms with Crippen LogP contribution in [0.2, 0.25) is 5.02 Å². The van der Waals surface area contributed by atoms with E-state index in [1.165, 1.54) is 11.1 Å². The van der Waals surface area contributed by atoms with Crippen molar-refractivity contribution in [3.05, 3.63) is 69.8 Å². The average molecular weight is 594 g/mol. The van der Waals surface area contributed by atoms with E-state index >= 15 is 0 Å². The molecular formula is C34H40ClNO6. The lowest BCUT2D eigenvalue weighted by Gasteiger charge is -2.46. The molecule has 2 N–H and O–H groups in total. The third-order valence-electron chi connectivity index (χ3n) is 10.1. The fourth-order valence-corrected chi connectivity index (χ4v) is 7.83. The van der Waals surface area contributed by atoms with E-state index in [0.29, 0.717) is 51.3 Å². The molecule has 0 aromatic heterocycles. The van der Waals surface area contributed by atoms with Gasteiger partial charge < -0.3 is 24.6 Å². The number of hydrogen-bond acceptors (Lipinski definition) is 6. The third-order valence-corrected chi connectivity index (χ3v) is 10.3. The number of carbonyl (C=O) groups is 2. The lowest BCUT2D eigenvalue weighted by Crippen LogP contribution is -2.50. The Kier molecular flexibility index (Phi) is 8.25. The summed E-state index contributed by atoms with van der Waals surface area (Å²) in [6, 6.07) is 11.3. The van der Waals surface area contributed by atoms with Gasteiger partial charge in [0.05, 0.1) is 36.5 Å². The number of benzene rings is 2. The van der Waals surface area contributed by atoms with Crippen molar-refractivity contribution < 1.29 is 29.3 Å². The summed E-state index contributed by atoms with van der Waals surface area (Å²) < 4.78 is 11.7. The molecule has 7 nitrogen and oxygen atoms in total. The number of aliphatic hydroxyl groups is 1. The number of allylic oxidation sites excluding steroid dienone is 1. The predicted octanol–water partition coefficient (Wildman–Crippen LogP) is 6.19. The fraction of sp³-hybridized carbons (Fsp3) is 0.529. The molecule has 224 valence electrons. The Labute approximate surface area is 252 Å². The van der Waals surface area contributed by atoms with Gasteiger partial charge in [0.1, 0.15) is 5.75 Å². The first-order chi connectivity index (χ1) is 20.3. The molecule has 1 saturated carbocycles. The quantitative estimate of drug-likeness (QED) is 0.292. The summed E-state index contributed by atoms with van der Waals surface area (Å²) in [7, 11) is 0. The first-order valence-electron chi connectivity index (χ1n) is 15.4. The number of nitrogens with zero attached hydrogens (tertiary/aromatic N) is 1. The second-order valence-corrected chi connectivity index (χ2v) is 13.0. The Morgan fingerprint density at radius 2 is 2.02 bits per heavy atom. The highest BCUT2D eigenvalue weighted by Gasteiger charge is 2.45. The maximum absolute atomic E-state index is 12.2. The predicted molar refractivity (Wildman–Crippen MR) is 161 cm³/mol. The number of anilines is 1. The molecular weight excluding hydrogens is 554 g/mol. The molecule has 1 fully saturated rings. The van der Waals surface area contributed by atoms with E-state index in [1.54, 1.807) is 18.2 Å². The molecule has 1 unspecified atom stereocenters. The first kappa shape index (κ1) is 29.1. The van der Waals surface area contributed by atoms with Crippen molar-refractivity contribution in [2.24, 2.45) is 17.8 Å². The Morgan fingerprint density at radius 3 is 2.74 bits per heavy atom. The van der Waals surface area contributed by atoms with E-state index in [2.05, 4.69) is 23.1 Å². The highest BCUT2D eigenvalue weighted by Crippen LogP contribution is 2.47. The van der Waals surface area contributed by atoms with E-state index in [1.807, 2.05) is 13.0 Å². The highest BCUT2D eigenvalue weighted by atomic mass is 35.5. The number of hydrogen-bond donors (Lipinski definition) is 2. The number of carboxylic acids is 1. The van der Waals surface area contributed by atoms with Crippen LogP contribution in [-0.4, -0.2) is 54.6 Å². The van der Waals surface area contributed by atoms with Gasteiger partial charge >= 0.3 is 11.9 Å². The normalized spacial score (nSPS) is 27.5. The van der Waals surface area contributed by atoms with E-state index in [-0.39, 0.29) is 34.7 Å². The summed E-state index contributed by atoms with van der Waals surface area (Å²) in [5.41, 5.74) is 4.37. The van der Waals surface area contributed by atoms with Crippen molar-refractivity contribution in [1.82, 2.24) is 0 Å². The van der Waals surface area contributed by atoms with Gasteiger partial charge in [-0.2, -0.15) is 0 Å². The molecule has 0 bridgehead atoms. The summed E-state index contributed by atoms with van der Waals surface area (Å²) in [6.07, 6.45) is 8.49. The van der Waals surface area contributed by atoms with Gasteiger partial charge in [0.2, 0.25) is 0 Å². The van der Waals surface area contributed by atoms with E-state index in [9.17, 15) is 19.8 Å². The van der Waals surface area contributed by atoms with Crippen LogP contribution in [0.4, 0.5) is 5.69 Å². The van der Waals surface area contributed by atoms with Crippen LogP contribution in [-0.2, 0) is 21.4 Å². The van der Waals surface area contributed by atoms with Crippen molar-refractivity contribution >= 4 is 29.2 Å². The molecule has 4 aliphatic rings.